The number of amides is 2. The number of para-hydroxylation sites is 1. The second-order valence-corrected chi connectivity index (χ2v) is 5.79. The molecule has 1 saturated heterocycles. The summed E-state index contributed by atoms with van der Waals surface area (Å²) in [6.07, 6.45) is 0.260. The van der Waals surface area contributed by atoms with Crippen molar-refractivity contribution in [2.45, 2.75) is 36.5 Å². The Labute approximate surface area is 111 Å². The summed E-state index contributed by atoms with van der Waals surface area (Å²) in [5.41, 5.74) is 6.49. The summed E-state index contributed by atoms with van der Waals surface area (Å²) in [6, 6.07) is 7.31. The highest BCUT2D eigenvalue weighted by atomic mass is 32.2. The Kier molecular flexibility index (Phi) is 3.61. The van der Waals surface area contributed by atoms with Gasteiger partial charge in [-0.2, -0.15) is 0 Å². The van der Waals surface area contributed by atoms with Crippen LogP contribution < -0.4 is 5.73 Å². The summed E-state index contributed by atoms with van der Waals surface area (Å²) in [6.45, 7) is 3.69. The van der Waals surface area contributed by atoms with Crippen molar-refractivity contribution in [3.8, 4) is 0 Å². The smallest absolute Gasteiger partial charge is 0.243 e. The number of nitrogens with zero attached hydrogens (tertiary/aromatic N) is 1. The summed E-state index contributed by atoms with van der Waals surface area (Å²) in [5.74, 6) is -0.203. The SMILES string of the molecule is CC(C)N1C(=O)CC(Sc2ccccc2N)C1=O. The average Bonchev–Trinajstić information content (AvgIpc) is 2.57. The van der Waals surface area contributed by atoms with Crippen molar-refractivity contribution in [3.63, 3.8) is 0 Å². The fourth-order valence-corrected chi connectivity index (χ4v) is 3.11. The van der Waals surface area contributed by atoms with Crippen molar-refractivity contribution in [2.75, 3.05) is 5.73 Å². The molecule has 0 aliphatic carbocycles. The monoisotopic (exact) mass is 264 g/mol. The molecule has 96 valence electrons. The highest BCUT2D eigenvalue weighted by molar-refractivity contribution is 8.00. The van der Waals surface area contributed by atoms with E-state index in [0.29, 0.717) is 5.69 Å². The number of hydrogen-bond donors (Lipinski definition) is 1. The van der Waals surface area contributed by atoms with Gasteiger partial charge in [0.1, 0.15) is 0 Å². The molecular weight excluding hydrogens is 248 g/mol. The number of benzene rings is 1. The topological polar surface area (TPSA) is 63.4 Å². The molecule has 18 heavy (non-hydrogen) atoms. The van der Waals surface area contributed by atoms with E-state index in [0.717, 1.165) is 4.90 Å². The van der Waals surface area contributed by atoms with E-state index in [2.05, 4.69) is 0 Å². The number of hydrogen-bond acceptors (Lipinski definition) is 4. The average molecular weight is 264 g/mol. The molecular formula is C13H16N2O2S. The zero-order valence-corrected chi connectivity index (χ0v) is 11.2. The maximum Gasteiger partial charge on any atom is 0.243 e. The highest BCUT2D eigenvalue weighted by Gasteiger charge is 2.40. The van der Waals surface area contributed by atoms with Crippen LogP contribution in [-0.4, -0.2) is 28.0 Å². The van der Waals surface area contributed by atoms with Gasteiger partial charge in [0.15, 0.2) is 0 Å². The van der Waals surface area contributed by atoms with Gasteiger partial charge in [0, 0.05) is 23.0 Å². The fraction of sp³-hybridized carbons (Fsp3) is 0.385. The van der Waals surface area contributed by atoms with Crippen LogP contribution in [0.15, 0.2) is 29.2 Å². The van der Waals surface area contributed by atoms with Gasteiger partial charge in [0.25, 0.3) is 0 Å². The van der Waals surface area contributed by atoms with Crippen LogP contribution in [0.4, 0.5) is 5.69 Å². The first-order chi connectivity index (χ1) is 8.50. The fourth-order valence-electron chi connectivity index (χ4n) is 2.00. The van der Waals surface area contributed by atoms with Gasteiger partial charge < -0.3 is 5.73 Å². The normalized spacial score (nSPS) is 19.9. The van der Waals surface area contributed by atoms with E-state index in [1.165, 1.54) is 16.7 Å². The minimum atomic E-state index is -0.343. The van der Waals surface area contributed by atoms with Gasteiger partial charge in [0.05, 0.1) is 5.25 Å². The number of carbonyl (C=O) groups is 2. The van der Waals surface area contributed by atoms with Crippen molar-refractivity contribution in [3.05, 3.63) is 24.3 Å². The van der Waals surface area contributed by atoms with E-state index in [9.17, 15) is 9.59 Å². The summed E-state index contributed by atoms with van der Waals surface area (Å²) in [5, 5.41) is -0.343. The van der Waals surface area contributed by atoms with Gasteiger partial charge >= 0.3 is 0 Å². The number of likely N-dealkylation sites (tertiary alicyclic amines) is 1. The number of nitrogens with two attached hydrogens (primary N) is 1. The maximum absolute atomic E-state index is 12.1. The lowest BCUT2D eigenvalue weighted by molar-refractivity contribution is -0.140. The summed E-state index contributed by atoms with van der Waals surface area (Å²) in [7, 11) is 0. The lowest BCUT2D eigenvalue weighted by Crippen LogP contribution is -2.37. The largest absolute Gasteiger partial charge is 0.398 e. The molecule has 1 aromatic rings. The van der Waals surface area contributed by atoms with E-state index < -0.39 is 0 Å². The van der Waals surface area contributed by atoms with Crippen molar-refractivity contribution < 1.29 is 9.59 Å². The number of thioether (sulfide) groups is 1. The van der Waals surface area contributed by atoms with Gasteiger partial charge in [-0.1, -0.05) is 12.1 Å². The Morgan fingerprint density at radius 1 is 1.33 bits per heavy atom. The second-order valence-electron chi connectivity index (χ2n) is 4.54. The molecule has 2 rings (SSSR count). The molecule has 1 heterocycles. The molecule has 0 bridgehead atoms. The number of imide groups is 1. The van der Waals surface area contributed by atoms with Crippen molar-refractivity contribution >= 4 is 29.3 Å². The Bertz CT molecular complexity index is 488. The molecule has 1 atom stereocenters. The first-order valence-corrected chi connectivity index (χ1v) is 6.75. The standard InChI is InChI=1S/C13H16N2O2S/c1-8(2)15-12(16)7-11(13(15)17)18-10-6-4-3-5-9(10)14/h3-6,8,11H,7,14H2,1-2H3. The predicted octanol–water partition coefficient (Wildman–Crippen LogP) is 1.90. The van der Waals surface area contributed by atoms with Crippen LogP contribution in [-0.2, 0) is 9.59 Å². The van der Waals surface area contributed by atoms with Gasteiger partial charge in [-0.25, -0.2) is 0 Å². The van der Waals surface area contributed by atoms with E-state index in [4.69, 9.17) is 5.73 Å². The van der Waals surface area contributed by atoms with Gasteiger partial charge in [-0.05, 0) is 26.0 Å². The third-order valence-corrected chi connectivity index (χ3v) is 4.12. The molecule has 4 nitrogen and oxygen atoms in total. The zero-order valence-electron chi connectivity index (χ0n) is 10.4. The molecule has 2 N–H and O–H groups in total. The van der Waals surface area contributed by atoms with Crippen LogP contribution in [0.25, 0.3) is 0 Å². The Hall–Kier alpha value is -1.49. The molecule has 0 saturated carbocycles. The molecule has 1 aliphatic rings. The van der Waals surface area contributed by atoms with E-state index in [1.807, 2.05) is 32.0 Å². The summed E-state index contributed by atoms with van der Waals surface area (Å²) < 4.78 is 0. The molecule has 1 aromatic carbocycles. The van der Waals surface area contributed by atoms with Gasteiger partial charge in [-0.15, -0.1) is 11.8 Å². The molecule has 1 aliphatic heterocycles. The first kappa shape index (κ1) is 13.0. The van der Waals surface area contributed by atoms with Gasteiger partial charge in [0.2, 0.25) is 11.8 Å². The first-order valence-electron chi connectivity index (χ1n) is 5.87. The molecule has 1 fully saturated rings. The minimum Gasteiger partial charge on any atom is -0.398 e. The van der Waals surface area contributed by atoms with Crippen LogP contribution >= 0.6 is 11.8 Å². The summed E-state index contributed by atoms with van der Waals surface area (Å²) >= 11 is 1.37. The van der Waals surface area contributed by atoms with Crippen molar-refractivity contribution in [1.82, 2.24) is 4.90 Å². The minimum absolute atomic E-state index is 0.0799. The van der Waals surface area contributed by atoms with Gasteiger partial charge in [-0.3, -0.25) is 14.5 Å². The number of nitrogen functional groups attached to an aromatic ring is 1. The quantitative estimate of drug-likeness (QED) is 0.669. The Morgan fingerprint density at radius 2 is 2.00 bits per heavy atom. The molecule has 1 unspecified atom stereocenters. The highest BCUT2D eigenvalue weighted by Crippen LogP contribution is 2.34. The Balaban J connectivity index is 2.15. The van der Waals surface area contributed by atoms with E-state index >= 15 is 0 Å². The van der Waals surface area contributed by atoms with Crippen LogP contribution in [0.1, 0.15) is 20.3 Å². The van der Waals surface area contributed by atoms with Crippen LogP contribution in [0.3, 0.4) is 0 Å². The molecule has 0 spiro atoms. The third-order valence-electron chi connectivity index (χ3n) is 2.85. The number of carbonyl (C=O) groups excluding carboxylic acids is 2. The molecule has 5 heteroatoms. The van der Waals surface area contributed by atoms with Crippen LogP contribution in [0, 0.1) is 0 Å². The predicted molar refractivity (Wildman–Crippen MR) is 72.1 cm³/mol. The second kappa shape index (κ2) is 5.02. The molecule has 0 aromatic heterocycles. The van der Waals surface area contributed by atoms with Crippen LogP contribution in [0.5, 0.6) is 0 Å². The van der Waals surface area contributed by atoms with Crippen LogP contribution in [0.2, 0.25) is 0 Å². The van der Waals surface area contributed by atoms with Crippen molar-refractivity contribution in [2.24, 2.45) is 0 Å². The van der Waals surface area contributed by atoms with Crippen molar-refractivity contribution in [1.29, 1.82) is 0 Å². The lowest BCUT2D eigenvalue weighted by atomic mass is 10.3. The lowest BCUT2D eigenvalue weighted by Gasteiger charge is -2.18. The third kappa shape index (κ3) is 2.36. The Morgan fingerprint density at radius 3 is 2.56 bits per heavy atom. The zero-order chi connectivity index (χ0) is 13.3. The maximum atomic E-state index is 12.1. The number of rotatable bonds is 3. The van der Waals surface area contributed by atoms with E-state index in [1.54, 1.807) is 6.07 Å². The molecule has 2 amide bonds. The molecule has 0 radical (unpaired) electrons. The number of anilines is 1. The van der Waals surface area contributed by atoms with E-state index in [-0.39, 0.29) is 29.5 Å². The summed E-state index contributed by atoms with van der Waals surface area (Å²) in [4.78, 5) is 26.1.